The van der Waals surface area contributed by atoms with Gasteiger partial charge in [0.15, 0.2) is 0 Å². The van der Waals surface area contributed by atoms with Crippen LogP contribution in [0.3, 0.4) is 0 Å². The first-order chi connectivity index (χ1) is 13.1. The van der Waals surface area contributed by atoms with Crippen molar-refractivity contribution in [3.63, 3.8) is 0 Å². The lowest BCUT2D eigenvalue weighted by Gasteiger charge is -2.02. The first kappa shape index (κ1) is 15.7. The van der Waals surface area contributed by atoms with Gasteiger partial charge in [-0.2, -0.15) is 0 Å². The summed E-state index contributed by atoms with van der Waals surface area (Å²) >= 11 is 1.19. The Morgan fingerprint density at radius 1 is 1.19 bits per heavy atom. The molecule has 1 aromatic carbocycles. The summed E-state index contributed by atoms with van der Waals surface area (Å²) in [5, 5.41) is 3.18. The van der Waals surface area contributed by atoms with Gasteiger partial charge < -0.3 is 4.98 Å². The molecule has 1 amide bonds. The van der Waals surface area contributed by atoms with Gasteiger partial charge in [-0.25, -0.2) is 9.97 Å². The van der Waals surface area contributed by atoms with E-state index in [2.05, 4.69) is 20.3 Å². The summed E-state index contributed by atoms with van der Waals surface area (Å²) in [7, 11) is 0. The first-order valence-electron chi connectivity index (χ1n) is 8.28. The molecule has 4 heterocycles. The van der Waals surface area contributed by atoms with Crippen molar-refractivity contribution >= 4 is 50.1 Å². The van der Waals surface area contributed by atoms with Crippen molar-refractivity contribution in [2.45, 2.75) is 6.92 Å². The number of pyridine rings is 1. The number of hydrogen-bond acceptors (Lipinski definition) is 5. The van der Waals surface area contributed by atoms with Crippen molar-refractivity contribution < 1.29 is 4.79 Å². The molecule has 8 heteroatoms. The maximum Gasteiger partial charge on any atom is 0.268 e. The molecule has 0 radical (unpaired) electrons. The number of nitrogens with zero attached hydrogens (tertiary/aromatic N) is 3. The number of imidazole rings is 1. The van der Waals surface area contributed by atoms with Crippen LogP contribution in [0.15, 0.2) is 53.5 Å². The monoisotopic (exact) mass is 375 g/mol. The predicted molar refractivity (Wildman–Crippen MR) is 106 cm³/mol. The molecule has 0 saturated carbocycles. The lowest BCUT2D eigenvalue weighted by atomic mass is 10.3. The highest BCUT2D eigenvalue weighted by Gasteiger charge is 2.16. The zero-order valence-electron chi connectivity index (χ0n) is 14.2. The number of aromatic amines is 1. The van der Waals surface area contributed by atoms with Crippen LogP contribution >= 0.6 is 11.3 Å². The van der Waals surface area contributed by atoms with E-state index in [1.165, 1.54) is 15.7 Å². The van der Waals surface area contributed by atoms with Crippen LogP contribution in [0.5, 0.6) is 0 Å². The number of para-hydroxylation sites is 2. The highest BCUT2D eigenvalue weighted by atomic mass is 32.1. The molecule has 2 N–H and O–H groups in total. The van der Waals surface area contributed by atoms with Crippen LogP contribution in [0.2, 0.25) is 0 Å². The minimum atomic E-state index is -0.331. The number of anilines is 1. The summed E-state index contributed by atoms with van der Waals surface area (Å²) in [4.78, 5) is 38.3. The molecule has 27 heavy (non-hydrogen) atoms. The zero-order chi connectivity index (χ0) is 18.5. The Morgan fingerprint density at radius 2 is 2.04 bits per heavy atom. The van der Waals surface area contributed by atoms with Gasteiger partial charge in [0.1, 0.15) is 10.5 Å². The molecule has 0 spiro atoms. The van der Waals surface area contributed by atoms with Crippen molar-refractivity contribution in [1.82, 2.24) is 19.4 Å². The molecule has 0 fully saturated rings. The van der Waals surface area contributed by atoms with Gasteiger partial charge in [-0.3, -0.25) is 19.3 Å². The molecule has 0 saturated heterocycles. The van der Waals surface area contributed by atoms with Crippen molar-refractivity contribution in [3.8, 4) is 0 Å². The molecule has 5 aromatic rings. The fourth-order valence-corrected chi connectivity index (χ4v) is 3.97. The van der Waals surface area contributed by atoms with Crippen molar-refractivity contribution in [2.24, 2.45) is 0 Å². The highest BCUT2D eigenvalue weighted by Crippen LogP contribution is 2.24. The van der Waals surface area contributed by atoms with E-state index >= 15 is 0 Å². The van der Waals surface area contributed by atoms with E-state index < -0.39 is 0 Å². The summed E-state index contributed by atoms with van der Waals surface area (Å²) in [6, 6.07) is 12.8. The van der Waals surface area contributed by atoms with E-state index in [0.717, 1.165) is 16.6 Å². The van der Waals surface area contributed by atoms with Crippen LogP contribution in [0.25, 0.3) is 26.9 Å². The Morgan fingerprint density at radius 3 is 2.89 bits per heavy atom. The average molecular weight is 375 g/mol. The second-order valence-electron chi connectivity index (χ2n) is 6.19. The Balaban J connectivity index is 1.57. The summed E-state index contributed by atoms with van der Waals surface area (Å²) in [5.41, 5.74) is 2.92. The Bertz CT molecular complexity index is 1380. The number of benzene rings is 1. The number of carbonyl (C=O) groups excluding carboxylic acids is 1. The molecule has 0 aliphatic carbocycles. The second-order valence-corrected chi connectivity index (χ2v) is 7.22. The Labute approximate surface area is 156 Å². The SMILES string of the molecule is Cc1cccn2c(=O)c3cc(C(=O)Nc4nc5ccccc5[nH]4)sc3nc12. The molecule has 0 atom stereocenters. The van der Waals surface area contributed by atoms with Crippen LogP contribution in [-0.2, 0) is 0 Å². The molecular weight excluding hydrogens is 362 g/mol. The van der Waals surface area contributed by atoms with E-state index in [9.17, 15) is 9.59 Å². The zero-order valence-corrected chi connectivity index (χ0v) is 15.0. The van der Waals surface area contributed by atoms with Crippen LogP contribution < -0.4 is 10.9 Å². The summed E-state index contributed by atoms with van der Waals surface area (Å²) in [6.07, 6.45) is 1.68. The van der Waals surface area contributed by atoms with Gasteiger partial charge in [0.25, 0.3) is 11.5 Å². The van der Waals surface area contributed by atoms with Crippen LogP contribution in [0.1, 0.15) is 15.2 Å². The number of aromatic nitrogens is 4. The number of amides is 1. The van der Waals surface area contributed by atoms with E-state index in [4.69, 9.17) is 0 Å². The van der Waals surface area contributed by atoms with Crippen molar-refractivity contribution in [3.05, 3.63) is 69.5 Å². The topological polar surface area (TPSA) is 92.1 Å². The third-order valence-corrected chi connectivity index (χ3v) is 5.40. The maximum absolute atomic E-state index is 12.7. The van der Waals surface area contributed by atoms with Crippen molar-refractivity contribution in [1.29, 1.82) is 0 Å². The summed E-state index contributed by atoms with van der Waals surface area (Å²) in [6.45, 7) is 1.90. The fraction of sp³-hybridized carbons (Fsp3) is 0.0526. The van der Waals surface area contributed by atoms with Gasteiger partial charge in [-0.1, -0.05) is 18.2 Å². The number of H-pyrrole nitrogens is 1. The number of rotatable bonds is 2. The molecule has 5 rings (SSSR count). The standard InChI is InChI=1S/C19H13N5O2S/c1-10-5-4-8-24-15(10)22-17-11(18(24)26)9-14(27-17)16(25)23-19-20-12-6-2-3-7-13(12)21-19/h2-9H,1H3,(H2,20,21,23,25). The molecule has 0 bridgehead atoms. The smallest absolute Gasteiger partial charge is 0.268 e. The lowest BCUT2D eigenvalue weighted by Crippen LogP contribution is -2.14. The normalized spacial score (nSPS) is 11.4. The molecule has 132 valence electrons. The van der Waals surface area contributed by atoms with E-state index in [1.807, 2.05) is 37.3 Å². The predicted octanol–water partition coefficient (Wildman–Crippen LogP) is 3.35. The van der Waals surface area contributed by atoms with Crippen LogP contribution in [0.4, 0.5) is 5.95 Å². The molecule has 0 unspecified atom stereocenters. The number of nitrogens with one attached hydrogen (secondary N) is 2. The van der Waals surface area contributed by atoms with Gasteiger partial charge in [0, 0.05) is 6.20 Å². The van der Waals surface area contributed by atoms with Gasteiger partial charge in [0.2, 0.25) is 5.95 Å². The molecule has 0 aliphatic heterocycles. The minimum Gasteiger partial charge on any atom is -0.324 e. The summed E-state index contributed by atoms with van der Waals surface area (Å²) < 4.78 is 1.51. The maximum atomic E-state index is 12.7. The molecule has 0 aliphatic rings. The lowest BCUT2D eigenvalue weighted by molar-refractivity contribution is 0.103. The first-order valence-corrected chi connectivity index (χ1v) is 9.09. The number of carbonyl (C=O) groups is 1. The second kappa shape index (κ2) is 5.75. The van der Waals surface area contributed by atoms with Crippen LogP contribution in [0, 0.1) is 6.92 Å². The Kier molecular flexibility index (Phi) is 3.34. The van der Waals surface area contributed by atoms with Gasteiger partial charge in [-0.15, -0.1) is 11.3 Å². The van der Waals surface area contributed by atoms with Crippen molar-refractivity contribution in [2.75, 3.05) is 5.32 Å². The highest BCUT2D eigenvalue weighted by molar-refractivity contribution is 7.20. The number of fused-ring (bicyclic) bond motifs is 3. The largest absolute Gasteiger partial charge is 0.324 e. The third-order valence-electron chi connectivity index (χ3n) is 4.38. The van der Waals surface area contributed by atoms with E-state index in [1.54, 1.807) is 18.3 Å². The number of aryl methyl sites for hydroxylation is 1. The number of hydrogen-bond donors (Lipinski definition) is 2. The third kappa shape index (κ3) is 2.49. The molecule has 4 aromatic heterocycles. The van der Waals surface area contributed by atoms with Gasteiger partial charge in [0.05, 0.1) is 21.3 Å². The summed E-state index contributed by atoms with van der Waals surface area (Å²) in [5.74, 6) is 0.0339. The van der Waals surface area contributed by atoms with Gasteiger partial charge in [-0.05, 0) is 36.8 Å². The van der Waals surface area contributed by atoms with E-state index in [0.29, 0.717) is 26.7 Å². The fourth-order valence-electron chi connectivity index (χ4n) is 3.05. The molecular formula is C19H13N5O2S. The average Bonchev–Trinajstić information content (AvgIpc) is 3.26. The van der Waals surface area contributed by atoms with E-state index in [-0.39, 0.29) is 11.5 Å². The van der Waals surface area contributed by atoms with Crippen LogP contribution in [-0.4, -0.2) is 25.3 Å². The molecule has 7 nitrogen and oxygen atoms in total. The quantitative estimate of drug-likeness (QED) is 0.495. The minimum absolute atomic E-state index is 0.183. The number of thiophene rings is 1. The van der Waals surface area contributed by atoms with Gasteiger partial charge >= 0.3 is 0 Å². The Hall–Kier alpha value is -3.52.